The number of hydrogen-bond acceptors (Lipinski definition) is 6. The monoisotopic (exact) mass is 299 g/mol. The summed E-state index contributed by atoms with van der Waals surface area (Å²) in [6.07, 6.45) is 4.17. The Morgan fingerprint density at radius 3 is 2.80 bits per heavy atom. The predicted molar refractivity (Wildman–Crippen MR) is 75.3 cm³/mol. The Balaban J connectivity index is 1.97. The van der Waals surface area contributed by atoms with Gasteiger partial charge < -0.3 is 5.32 Å². The molecule has 0 atom stereocenters. The molecule has 0 saturated heterocycles. The lowest BCUT2D eigenvalue weighted by Gasteiger charge is -2.06. The molecule has 0 spiro atoms. The van der Waals surface area contributed by atoms with E-state index in [2.05, 4.69) is 15.4 Å². The van der Waals surface area contributed by atoms with Gasteiger partial charge in [0.15, 0.2) is 5.65 Å². The van der Waals surface area contributed by atoms with Gasteiger partial charge in [-0.3, -0.25) is 14.0 Å². The van der Waals surface area contributed by atoms with Gasteiger partial charge in [-0.25, -0.2) is 13.4 Å². The molecule has 2 rings (SSSR count). The van der Waals surface area contributed by atoms with E-state index in [9.17, 15) is 13.2 Å². The standard InChI is InChI=1S/C11H17N5O3S/c1-15-10-9(7-14-15)11(17)16(8-13-10)5-3-12-4-6-20(2,18)19/h7-8,12H,3-6H2,1-2H3. The van der Waals surface area contributed by atoms with E-state index >= 15 is 0 Å². The van der Waals surface area contributed by atoms with Crippen LogP contribution in [0.4, 0.5) is 0 Å². The minimum absolute atomic E-state index is 0.0851. The Morgan fingerprint density at radius 2 is 2.10 bits per heavy atom. The van der Waals surface area contributed by atoms with Crippen LogP contribution in [-0.2, 0) is 23.4 Å². The topological polar surface area (TPSA) is 98.9 Å². The molecule has 1 N–H and O–H groups in total. The van der Waals surface area contributed by atoms with Crippen molar-refractivity contribution in [1.29, 1.82) is 0 Å². The van der Waals surface area contributed by atoms with Crippen molar-refractivity contribution in [2.75, 3.05) is 25.1 Å². The zero-order chi connectivity index (χ0) is 14.8. The summed E-state index contributed by atoms with van der Waals surface area (Å²) in [5, 5.41) is 7.45. The molecule has 0 amide bonds. The molecule has 0 fully saturated rings. The number of fused-ring (bicyclic) bond motifs is 1. The van der Waals surface area contributed by atoms with Crippen LogP contribution in [0, 0.1) is 0 Å². The third-order valence-electron chi connectivity index (χ3n) is 2.90. The molecule has 0 aliphatic rings. The van der Waals surface area contributed by atoms with Crippen molar-refractivity contribution in [3.05, 3.63) is 22.9 Å². The summed E-state index contributed by atoms with van der Waals surface area (Å²) in [5.74, 6) is 0.0851. The van der Waals surface area contributed by atoms with E-state index in [4.69, 9.17) is 0 Å². The largest absolute Gasteiger partial charge is 0.314 e. The third kappa shape index (κ3) is 3.42. The zero-order valence-corrected chi connectivity index (χ0v) is 12.2. The second-order valence-electron chi connectivity index (χ2n) is 4.63. The van der Waals surface area contributed by atoms with E-state index in [1.54, 1.807) is 11.7 Å². The average Bonchev–Trinajstić information content (AvgIpc) is 2.73. The summed E-state index contributed by atoms with van der Waals surface area (Å²) in [7, 11) is -1.23. The molecule has 0 aliphatic carbocycles. The molecule has 8 nitrogen and oxygen atoms in total. The molecule has 0 aromatic carbocycles. The van der Waals surface area contributed by atoms with Crippen LogP contribution < -0.4 is 10.9 Å². The normalized spacial score (nSPS) is 12.1. The Bertz CT molecular complexity index is 762. The first-order chi connectivity index (χ1) is 9.38. The zero-order valence-electron chi connectivity index (χ0n) is 11.4. The van der Waals surface area contributed by atoms with Gasteiger partial charge in [0.2, 0.25) is 0 Å². The van der Waals surface area contributed by atoms with Gasteiger partial charge in [0.1, 0.15) is 21.6 Å². The van der Waals surface area contributed by atoms with Gasteiger partial charge >= 0.3 is 0 Å². The van der Waals surface area contributed by atoms with Crippen molar-refractivity contribution < 1.29 is 8.42 Å². The number of nitrogens with one attached hydrogen (secondary N) is 1. The Hall–Kier alpha value is -1.74. The quantitative estimate of drug-likeness (QED) is 0.670. The van der Waals surface area contributed by atoms with E-state index in [0.29, 0.717) is 30.7 Å². The smallest absolute Gasteiger partial charge is 0.264 e. The summed E-state index contributed by atoms with van der Waals surface area (Å²) in [5.41, 5.74) is 0.407. The van der Waals surface area contributed by atoms with Crippen molar-refractivity contribution in [3.8, 4) is 0 Å². The van der Waals surface area contributed by atoms with Gasteiger partial charge in [-0.15, -0.1) is 0 Å². The van der Waals surface area contributed by atoms with Gasteiger partial charge in [0.05, 0.1) is 11.9 Å². The van der Waals surface area contributed by atoms with Crippen molar-refractivity contribution in [1.82, 2.24) is 24.6 Å². The fraction of sp³-hybridized carbons (Fsp3) is 0.545. The van der Waals surface area contributed by atoms with Crippen LogP contribution >= 0.6 is 0 Å². The predicted octanol–water partition coefficient (Wildman–Crippen LogP) is -1.24. The van der Waals surface area contributed by atoms with E-state index in [1.165, 1.54) is 23.3 Å². The van der Waals surface area contributed by atoms with Gasteiger partial charge in [-0.05, 0) is 0 Å². The van der Waals surface area contributed by atoms with E-state index in [-0.39, 0.29) is 11.3 Å². The number of aryl methyl sites for hydroxylation is 1. The maximum atomic E-state index is 12.1. The van der Waals surface area contributed by atoms with Crippen LogP contribution in [-0.4, -0.2) is 52.8 Å². The van der Waals surface area contributed by atoms with Crippen molar-refractivity contribution >= 4 is 20.9 Å². The average molecular weight is 299 g/mol. The highest BCUT2D eigenvalue weighted by atomic mass is 32.2. The summed E-state index contributed by atoms with van der Waals surface area (Å²) < 4.78 is 24.9. The third-order valence-corrected chi connectivity index (χ3v) is 3.84. The summed E-state index contributed by atoms with van der Waals surface area (Å²) in [4.78, 5) is 16.3. The van der Waals surface area contributed by atoms with Gasteiger partial charge in [-0.2, -0.15) is 5.10 Å². The number of rotatable bonds is 6. The van der Waals surface area contributed by atoms with E-state index in [0.717, 1.165) is 0 Å². The molecule has 0 unspecified atom stereocenters. The van der Waals surface area contributed by atoms with Gasteiger partial charge in [0.25, 0.3) is 5.56 Å². The summed E-state index contributed by atoms with van der Waals surface area (Å²) >= 11 is 0. The van der Waals surface area contributed by atoms with Gasteiger partial charge in [0, 0.05) is 32.9 Å². The number of nitrogens with zero attached hydrogens (tertiary/aromatic N) is 4. The molecule has 2 aromatic rings. The molecular formula is C11H17N5O3S. The molecule has 9 heteroatoms. The Kier molecular flexibility index (Phi) is 4.19. The fourth-order valence-electron chi connectivity index (χ4n) is 1.81. The SMILES string of the molecule is Cn1ncc2c(=O)n(CCNCCS(C)(=O)=O)cnc21. The molecule has 2 aromatic heterocycles. The number of sulfone groups is 1. The Morgan fingerprint density at radius 1 is 1.35 bits per heavy atom. The maximum absolute atomic E-state index is 12.1. The first-order valence-electron chi connectivity index (χ1n) is 6.14. The fourth-order valence-corrected chi connectivity index (χ4v) is 2.32. The molecule has 0 radical (unpaired) electrons. The first kappa shape index (κ1) is 14.7. The van der Waals surface area contributed by atoms with Crippen LogP contribution in [0.3, 0.4) is 0 Å². The lowest BCUT2D eigenvalue weighted by Crippen LogP contribution is -2.29. The van der Waals surface area contributed by atoms with Crippen LogP contribution in [0.2, 0.25) is 0 Å². The molecule has 0 bridgehead atoms. The minimum Gasteiger partial charge on any atom is -0.314 e. The molecule has 0 aliphatic heterocycles. The van der Waals surface area contributed by atoms with E-state index < -0.39 is 9.84 Å². The highest BCUT2D eigenvalue weighted by Crippen LogP contribution is 2.02. The minimum atomic E-state index is -2.96. The summed E-state index contributed by atoms with van der Waals surface area (Å²) in [6.45, 7) is 1.31. The highest BCUT2D eigenvalue weighted by molar-refractivity contribution is 7.90. The molecule has 110 valence electrons. The van der Waals surface area contributed by atoms with Gasteiger partial charge in [-0.1, -0.05) is 0 Å². The molecule has 20 heavy (non-hydrogen) atoms. The second kappa shape index (κ2) is 5.71. The van der Waals surface area contributed by atoms with Crippen LogP contribution in [0.5, 0.6) is 0 Å². The highest BCUT2D eigenvalue weighted by Gasteiger charge is 2.07. The number of hydrogen-bond donors (Lipinski definition) is 1. The summed E-state index contributed by atoms with van der Waals surface area (Å²) in [6, 6.07) is 0. The first-order valence-corrected chi connectivity index (χ1v) is 8.20. The lowest BCUT2D eigenvalue weighted by atomic mass is 10.4. The van der Waals surface area contributed by atoms with Crippen molar-refractivity contribution in [3.63, 3.8) is 0 Å². The lowest BCUT2D eigenvalue weighted by molar-refractivity contribution is 0.579. The maximum Gasteiger partial charge on any atom is 0.264 e. The molecule has 0 saturated carbocycles. The van der Waals surface area contributed by atoms with Crippen LogP contribution in [0.25, 0.3) is 11.0 Å². The second-order valence-corrected chi connectivity index (χ2v) is 6.89. The Labute approximate surface area is 116 Å². The van der Waals surface area contributed by atoms with Crippen molar-refractivity contribution in [2.45, 2.75) is 6.54 Å². The van der Waals surface area contributed by atoms with Crippen LogP contribution in [0.1, 0.15) is 0 Å². The molecule has 2 heterocycles. The number of aromatic nitrogens is 4. The van der Waals surface area contributed by atoms with Crippen molar-refractivity contribution in [2.24, 2.45) is 7.05 Å². The van der Waals surface area contributed by atoms with E-state index in [1.807, 2.05) is 0 Å². The van der Waals surface area contributed by atoms with Crippen LogP contribution in [0.15, 0.2) is 17.3 Å². The molecular weight excluding hydrogens is 282 g/mol.